The molecule has 0 aromatic heterocycles. The van der Waals surface area contributed by atoms with Crippen LogP contribution in [0.4, 0.5) is 0 Å². The van der Waals surface area contributed by atoms with E-state index in [-0.39, 0.29) is 30.1 Å². The molecule has 1 saturated carbocycles. The van der Waals surface area contributed by atoms with Crippen LogP contribution < -0.4 is 22.1 Å². The van der Waals surface area contributed by atoms with Gasteiger partial charge in [0.05, 0.1) is 0 Å². The number of nitrogens with two attached hydrogens (primary N) is 2. The van der Waals surface area contributed by atoms with E-state index in [1.165, 1.54) is 57.8 Å². The van der Waals surface area contributed by atoms with Gasteiger partial charge in [-0.1, -0.05) is 72.1 Å². The van der Waals surface area contributed by atoms with Gasteiger partial charge in [-0.05, 0) is 75.2 Å². The first-order valence-electron chi connectivity index (χ1n) is 17.2. The molecule has 2 saturated heterocycles. The van der Waals surface area contributed by atoms with Crippen LogP contribution >= 0.6 is 0 Å². The van der Waals surface area contributed by atoms with Crippen molar-refractivity contribution in [2.45, 2.75) is 162 Å². The second-order valence-electron chi connectivity index (χ2n) is 14.0. The number of carboxylic acids is 2. The van der Waals surface area contributed by atoms with Gasteiger partial charge >= 0.3 is 11.9 Å². The number of nitrogens with one attached hydrogen (secondary N) is 2. The topological polar surface area (TPSA) is 185 Å². The quantitative estimate of drug-likeness (QED) is 0.197. The van der Waals surface area contributed by atoms with Crippen molar-refractivity contribution >= 4 is 23.8 Å². The van der Waals surface area contributed by atoms with E-state index in [1.807, 2.05) is 0 Å². The van der Waals surface area contributed by atoms with Crippen molar-refractivity contribution in [3.05, 3.63) is 0 Å². The Morgan fingerprint density at radius 2 is 1.09 bits per heavy atom. The normalized spacial score (nSPS) is 24.5. The molecule has 0 aromatic carbocycles. The minimum absolute atomic E-state index is 0.0628. The summed E-state index contributed by atoms with van der Waals surface area (Å²) >= 11 is 0. The van der Waals surface area contributed by atoms with Crippen molar-refractivity contribution in [1.82, 2.24) is 10.6 Å². The molecular weight excluding hydrogens is 560 g/mol. The van der Waals surface area contributed by atoms with Crippen LogP contribution in [0.15, 0.2) is 0 Å². The molecule has 0 bridgehead atoms. The van der Waals surface area contributed by atoms with Crippen molar-refractivity contribution in [2.24, 2.45) is 22.3 Å². The van der Waals surface area contributed by atoms with Crippen molar-refractivity contribution in [2.75, 3.05) is 19.6 Å². The lowest BCUT2D eigenvalue weighted by Crippen LogP contribution is -2.45. The lowest BCUT2D eigenvalue weighted by Gasteiger charge is -2.45. The van der Waals surface area contributed by atoms with Gasteiger partial charge < -0.3 is 32.3 Å². The Labute approximate surface area is 267 Å². The highest BCUT2D eigenvalue weighted by Crippen LogP contribution is 2.44. The van der Waals surface area contributed by atoms with Gasteiger partial charge in [0.2, 0.25) is 11.8 Å². The highest BCUT2D eigenvalue weighted by molar-refractivity contribution is 5.76. The molecule has 44 heavy (non-hydrogen) atoms. The number of carboxylic acid groups (broad SMARTS) is 2. The third-order valence-electron chi connectivity index (χ3n) is 8.30. The monoisotopic (exact) mass is 626 g/mol. The SMILES string of the molecule is CC1(C)CC(N)CC(C)(CN)C1.O=C(O)CCCCC(=O)O.O=C1CCCCCCCCCCCN1.O=C1CCCCCN1. The van der Waals surface area contributed by atoms with E-state index in [2.05, 4.69) is 31.4 Å². The number of aliphatic carboxylic acids is 2. The summed E-state index contributed by atoms with van der Waals surface area (Å²) in [5.41, 5.74) is 12.4. The Bertz CT molecular complexity index is 765. The van der Waals surface area contributed by atoms with Gasteiger partial charge in [-0.25, -0.2) is 0 Å². The minimum Gasteiger partial charge on any atom is -0.481 e. The van der Waals surface area contributed by atoms with Crippen molar-refractivity contribution in [1.29, 1.82) is 0 Å². The van der Waals surface area contributed by atoms with Gasteiger partial charge in [-0.2, -0.15) is 0 Å². The maximum Gasteiger partial charge on any atom is 0.303 e. The molecule has 10 heteroatoms. The molecule has 1 aliphatic carbocycles. The standard InChI is InChI=1S/C12H23NO.C10H22N2.C6H11NO.C6H10O4/c14-12-10-8-6-4-2-1-3-5-7-9-11-13-12;1-9(2)4-8(12)5-10(3,6-9)7-11;8-6-4-2-1-3-5-7-6;7-5(8)3-1-2-4-6(9)10/h1-11H2,(H,13,14);8H,4-7,11-12H2,1-3H3;1-5H2,(H,7,8);1-4H2,(H,7,8)(H,9,10). The van der Waals surface area contributed by atoms with Crippen LogP contribution in [0, 0.1) is 10.8 Å². The summed E-state index contributed by atoms with van der Waals surface area (Å²) in [6, 6.07) is 0.349. The summed E-state index contributed by atoms with van der Waals surface area (Å²) < 4.78 is 0. The smallest absolute Gasteiger partial charge is 0.303 e. The molecule has 10 nitrogen and oxygen atoms in total. The van der Waals surface area contributed by atoms with Gasteiger partial charge in [-0.3, -0.25) is 19.2 Å². The number of hydrogen-bond donors (Lipinski definition) is 6. The van der Waals surface area contributed by atoms with Gasteiger partial charge in [0.1, 0.15) is 0 Å². The summed E-state index contributed by atoms with van der Waals surface area (Å²) in [7, 11) is 0. The first kappa shape index (κ1) is 41.8. The van der Waals surface area contributed by atoms with E-state index in [9.17, 15) is 19.2 Å². The molecule has 8 N–H and O–H groups in total. The zero-order valence-corrected chi connectivity index (χ0v) is 28.2. The van der Waals surface area contributed by atoms with Gasteiger partial charge in [0.15, 0.2) is 0 Å². The molecule has 2 aliphatic heterocycles. The third kappa shape index (κ3) is 26.2. The van der Waals surface area contributed by atoms with E-state index < -0.39 is 11.9 Å². The number of carbonyl (C=O) groups excluding carboxylic acids is 2. The summed E-state index contributed by atoms with van der Waals surface area (Å²) in [5, 5.41) is 22.1. The van der Waals surface area contributed by atoms with E-state index in [4.69, 9.17) is 21.7 Å². The van der Waals surface area contributed by atoms with Crippen molar-refractivity contribution in [3.63, 3.8) is 0 Å². The average Bonchev–Trinajstić information content (AvgIpc) is 3.17. The van der Waals surface area contributed by atoms with Crippen LogP contribution in [-0.4, -0.2) is 59.6 Å². The maximum absolute atomic E-state index is 11.3. The summed E-state index contributed by atoms with van der Waals surface area (Å²) in [6.07, 6.45) is 20.9. The molecule has 2 heterocycles. The maximum atomic E-state index is 11.3. The average molecular weight is 627 g/mol. The van der Waals surface area contributed by atoms with Crippen LogP contribution in [0.25, 0.3) is 0 Å². The first-order valence-corrected chi connectivity index (χ1v) is 17.2. The van der Waals surface area contributed by atoms with Gasteiger partial charge in [-0.15, -0.1) is 0 Å². The summed E-state index contributed by atoms with van der Waals surface area (Å²) in [4.78, 5) is 41.6. The first-order chi connectivity index (χ1) is 20.8. The molecule has 258 valence electrons. The Hall–Kier alpha value is -2.20. The number of rotatable bonds is 6. The number of unbranched alkanes of at least 4 members (excludes halogenated alkanes) is 1. The Morgan fingerprint density at radius 3 is 1.48 bits per heavy atom. The van der Waals surface area contributed by atoms with Crippen molar-refractivity contribution in [3.8, 4) is 0 Å². The lowest BCUT2D eigenvalue weighted by atomic mass is 9.63. The van der Waals surface area contributed by atoms with Crippen LogP contribution in [0.1, 0.15) is 156 Å². The third-order valence-corrected chi connectivity index (χ3v) is 8.30. The molecular formula is C34H66N4O6. The minimum atomic E-state index is -0.870. The Kier molecular flexibility index (Phi) is 23.8. The molecule has 3 fully saturated rings. The molecule has 0 aromatic rings. The second kappa shape index (κ2) is 25.0. The second-order valence-corrected chi connectivity index (χ2v) is 14.0. The summed E-state index contributed by atoms with van der Waals surface area (Å²) in [6.45, 7) is 9.38. The molecule has 0 radical (unpaired) electrons. The highest BCUT2D eigenvalue weighted by Gasteiger charge is 2.38. The molecule has 3 rings (SSSR count). The van der Waals surface area contributed by atoms with E-state index in [0.717, 1.165) is 71.0 Å². The van der Waals surface area contributed by atoms with Crippen LogP contribution in [0.2, 0.25) is 0 Å². The number of amides is 2. The summed E-state index contributed by atoms with van der Waals surface area (Å²) in [5.74, 6) is -1.26. The lowest BCUT2D eigenvalue weighted by molar-refractivity contribution is -0.139. The number of carbonyl (C=O) groups is 4. The largest absolute Gasteiger partial charge is 0.481 e. The Morgan fingerprint density at radius 1 is 0.705 bits per heavy atom. The van der Waals surface area contributed by atoms with Crippen molar-refractivity contribution < 1.29 is 29.4 Å². The molecule has 3 aliphatic rings. The van der Waals surface area contributed by atoms with E-state index in [1.54, 1.807) is 0 Å². The zero-order chi connectivity index (χ0) is 33.3. The fraction of sp³-hybridized carbons (Fsp3) is 0.882. The molecule has 2 atom stereocenters. The predicted octanol–water partition coefficient (Wildman–Crippen LogP) is 5.90. The van der Waals surface area contributed by atoms with Crippen LogP contribution in [0.5, 0.6) is 0 Å². The van der Waals surface area contributed by atoms with Crippen LogP contribution in [-0.2, 0) is 19.2 Å². The molecule has 0 spiro atoms. The zero-order valence-electron chi connectivity index (χ0n) is 28.2. The van der Waals surface area contributed by atoms with E-state index in [0.29, 0.717) is 24.3 Å². The number of hydrogen-bond acceptors (Lipinski definition) is 6. The molecule has 2 amide bonds. The Balaban J connectivity index is 0.000000571. The van der Waals surface area contributed by atoms with Crippen LogP contribution in [0.3, 0.4) is 0 Å². The highest BCUT2D eigenvalue weighted by atomic mass is 16.4. The fourth-order valence-electron chi connectivity index (χ4n) is 6.29. The van der Waals surface area contributed by atoms with E-state index >= 15 is 0 Å². The fourth-order valence-corrected chi connectivity index (χ4v) is 6.29. The molecule has 2 unspecified atom stereocenters. The van der Waals surface area contributed by atoms with Gasteiger partial charge in [0, 0.05) is 44.8 Å². The predicted molar refractivity (Wildman–Crippen MR) is 177 cm³/mol. The van der Waals surface area contributed by atoms with Gasteiger partial charge in [0.25, 0.3) is 0 Å².